The van der Waals surface area contributed by atoms with Gasteiger partial charge in [-0.15, -0.1) is 0 Å². The molecule has 0 saturated carbocycles. The minimum absolute atomic E-state index is 0.165. The number of carboxylic acids is 1. The first-order valence-electron chi connectivity index (χ1n) is 8.35. The number of anilines is 1. The highest BCUT2D eigenvalue weighted by Gasteiger charge is 2.10. The Kier molecular flexibility index (Phi) is 6.83. The van der Waals surface area contributed by atoms with Crippen LogP contribution in [0.25, 0.3) is 0 Å². The molecular weight excluding hydrogens is 465 g/mol. The van der Waals surface area contributed by atoms with Crippen LogP contribution in [0.15, 0.2) is 65.1 Å². The van der Waals surface area contributed by atoms with Crippen molar-refractivity contribution < 1.29 is 14.6 Å². The Bertz CT molecular complexity index is 1010. The molecule has 3 rings (SSSR count). The Morgan fingerprint density at radius 3 is 2.64 bits per heavy atom. The number of carboxylic acid groups (broad SMARTS) is 1. The first kappa shape index (κ1) is 20.5. The van der Waals surface area contributed by atoms with E-state index in [9.17, 15) is 4.79 Å². The lowest BCUT2D eigenvalue weighted by Crippen LogP contribution is -2.05. The first-order chi connectivity index (χ1) is 13.4. The van der Waals surface area contributed by atoms with Crippen molar-refractivity contribution in [3.05, 3.63) is 91.9 Å². The molecule has 0 bridgehead atoms. The highest BCUT2D eigenvalue weighted by atomic mass is 79.9. The third-order valence-corrected chi connectivity index (χ3v) is 5.05. The zero-order valence-electron chi connectivity index (χ0n) is 14.6. The molecule has 4 nitrogen and oxygen atoms in total. The molecule has 0 amide bonds. The van der Waals surface area contributed by atoms with Gasteiger partial charge in [-0.25, -0.2) is 4.79 Å². The summed E-state index contributed by atoms with van der Waals surface area (Å²) >= 11 is 15.7. The highest BCUT2D eigenvalue weighted by molar-refractivity contribution is 9.10. The van der Waals surface area contributed by atoms with E-state index in [0.717, 1.165) is 15.6 Å². The quantitative estimate of drug-likeness (QED) is 0.397. The Labute approximate surface area is 181 Å². The zero-order valence-corrected chi connectivity index (χ0v) is 17.7. The molecule has 0 aliphatic rings. The number of hydrogen-bond acceptors (Lipinski definition) is 3. The van der Waals surface area contributed by atoms with Gasteiger partial charge in [0, 0.05) is 21.6 Å². The minimum atomic E-state index is -1.01. The maximum absolute atomic E-state index is 11.2. The van der Waals surface area contributed by atoms with E-state index in [4.69, 9.17) is 33.0 Å². The standard InChI is InChI=1S/C21H16BrCl2NO3/c22-16-5-7-20(28-12-13-2-1-3-17(23)8-13)15(9-16)11-25-19-10-14(21(26)27)4-6-18(19)24/h1-10,25H,11-12H2,(H,26,27). The van der Waals surface area contributed by atoms with Gasteiger partial charge in [0.2, 0.25) is 0 Å². The Hall–Kier alpha value is -2.21. The molecule has 0 atom stereocenters. The summed E-state index contributed by atoms with van der Waals surface area (Å²) in [6.45, 7) is 0.789. The molecule has 0 aliphatic heterocycles. The smallest absolute Gasteiger partial charge is 0.335 e. The molecule has 0 heterocycles. The monoisotopic (exact) mass is 479 g/mol. The van der Waals surface area contributed by atoms with E-state index < -0.39 is 5.97 Å². The molecule has 3 aromatic carbocycles. The van der Waals surface area contributed by atoms with Crippen LogP contribution in [-0.2, 0) is 13.2 Å². The second-order valence-electron chi connectivity index (χ2n) is 6.02. The number of benzene rings is 3. The van der Waals surface area contributed by atoms with E-state index in [1.54, 1.807) is 6.07 Å². The summed E-state index contributed by atoms with van der Waals surface area (Å²) in [6, 6.07) is 17.7. The van der Waals surface area contributed by atoms with Crippen LogP contribution in [0.5, 0.6) is 5.75 Å². The van der Waals surface area contributed by atoms with Crippen LogP contribution in [0.2, 0.25) is 10.0 Å². The molecular formula is C21H16BrCl2NO3. The molecule has 0 spiro atoms. The topological polar surface area (TPSA) is 58.6 Å². The van der Waals surface area contributed by atoms with E-state index in [1.165, 1.54) is 12.1 Å². The van der Waals surface area contributed by atoms with Crippen molar-refractivity contribution in [2.45, 2.75) is 13.2 Å². The van der Waals surface area contributed by atoms with Gasteiger partial charge in [-0.3, -0.25) is 0 Å². The minimum Gasteiger partial charge on any atom is -0.489 e. The summed E-state index contributed by atoms with van der Waals surface area (Å²) in [5.41, 5.74) is 2.57. The van der Waals surface area contributed by atoms with Gasteiger partial charge in [-0.1, -0.05) is 51.3 Å². The van der Waals surface area contributed by atoms with E-state index in [0.29, 0.717) is 34.6 Å². The van der Waals surface area contributed by atoms with E-state index in [1.807, 2.05) is 42.5 Å². The molecule has 28 heavy (non-hydrogen) atoms. The molecule has 0 aliphatic carbocycles. The summed E-state index contributed by atoms with van der Waals surface area (Å²) < 4.78 is 6.87. The fourth-order valence-corrected chi connectivity index (χ4v) is 3.40. The first-order valence-corrected chi connectivity index (χ1v) is 9.89. The number of nitrogens with one attached hydrogen (secondary N) is 1. The van der Waals surface area contributed by atoms with Crippen molar-refractivity contribution in [2.24, 2.45) is 0 Å². The molecule has 144 valence electrons. The molecule has 7 heteroatoms. The van der Waals surface area contributed by atoms with Gasteiger partial charge < -0.3 is 15.2 Å². The number of aromatic carboxylic acids is 1. The Morgan fingerprint density at radius 2 is 1.89 bits per heavy atom. The average molecular weight is 481 g/mol. The fraction of sp³-hybridized carbons (Fsp3) is 0.0952. The fourth-order valence-electron chi connectivity index (χ4n) is 2.60. The van der Waals surface area contributed by atoms with Gasteiger partial charge in [0.05, 0.1) is 16.3 Å². The predicted molar refractivity (Wildman–Crippen MR) is 116 cm³/mol. The summed E-state index contributed by atoms with van der Waals surface area (Å²) in [4.78, 5) is 11.2. The number of hydrogen-bond donors (Lipinski definition) is 2. The second-order valence-corrected chi connectivity index (χ2v) is 7.78. The summed E-state index contributed by atoms with van der Waals surface area (Å²) in [6.07, 6.45) is 0. The third kappa shape index (κ3) is 5.41. The number of halogens is 3. The van der Waals surface area contributed by atoms with Gasteiger partial charge in [0.15, 0.2) is 0 Å². The third-order valence-electron chi connectivity index (χ3n) is 3.99. The van der Waals surface area contributed by atoms with Gasteiger partial charge in [0.1, 0.15) is 12.4 Å². The van der Waals surface area contributed by atoms with Crippen LogP contribution in [0.4, 0.5) is 5.69 Å². The molecule has 0 unspecified atom stereocenters. The molecule has 0 aromatic heterocycles. The van der Waals surface area contributed by atoms with Crippen molar-refractivity contribution in [3.8, 4) is 5.75 Å². The van der Waals surface area contributed by atoms with Crippen molar-refractivity contribution >= 4 is 50.8 Å². The molecule has 0 radical (unpaired) electrons. The Balaban J connectivity index is 1.76. The van der Waals surface area contributed by atoms with Crippen molar-refractivity contribution in [3.63, 3.8) is 0 Å². The largest absolute Gasteiger partial charge is 0.489 e. The predicted octanol–water partition coefficient (Wildman–Crippen LogP) is 6.65. The van der Waals surface area contributed by atoms with Crippen molar-refractivity contribution in [1.29, 1.82) is 0 Å². The highest BCUT2D eigenvalue weighted by Crippen LogP contribution is 2.28. The van der Waals surface area contributed by atoms with Gasteiger partial charge in [0.25, 0.3) is 0 Å². The maximum atomic E-state index is 11.2. The normalized spacial score (nSPS) is 10.5. The van der Waals surface area contributed by atoms with Gasteiger partial charge in [-0.05, 0) is 54.1 Å². The maximum Gasteiger partial charge on any atom is 0.335 e. The lowest BCUT2D eigenvalue weighted by atomic mass is 10.1. The lowest BCUT2D eigenvalue weighted by Gasteiger charge is -2.15. The van der Waals surface area contributed by atoms with Crippen LogP contribution in [0, 0.1) is 0 Å². The second kappa shape index (κ2) is 9.32. The molecule has 0 saturated heterocycles. The van der Waals surface area contributed by atoms with E-state index in [-0.39, 0.29) is 5.56 Å². The zero-order chi connectivity index (χ0) is 20.1. The summed E-state index contributed by atoms with van der Waals surface area (Å²) in [5, 5.41) is 13.4. The molecule has 2 N–H and O–H groups in total. The van der Waals surface area contributed by atoms with E-state index >= 15 is 0 Å². The number of carbonyl (C=O) groups is 1. The van der Waals surface area contributed by atoms with Gasteiger partial charge >= 0.3 is 5.97 Å². The van der Waals surface area contributed by atoms with Crippen LogP contribution in [0.3, 0.4) is 0 Å². The summed E-state index contributed by atoms with van der Waals surface area (Å²) in [7, 11) is 0. The lowest BCUT2D eigenvalue weighted by molar-refractivity contribution is 0.0697. The van der Waals surface area contributed by atoms with Crippen LogP contribution < -0.4 is 10.1 Å². The SMILES string of the molecule is O=C(O)c1ccc(Cl)c(NCc2cc(Br)ccc2OCc2cccc(Cl)c2)c1. The van der Waals surface area contributed by atoms with E-state index in [2.05, 4.69) is 21.2 Å². The van der Waals surface area contributed by atoms with Crippen molar-refractivity contribution in [1.82, 2.24) is 0 Å². The van der Waals surface area contributed by atoms with Crippen molar-refractivity contribution in [2.75, 3.05) is 5.32 Å². The Morgan fingerprint density at radius 1 is 1.07 bits per heavy atom. The summed E-state index contributed by atoms with van der Waals surface area (Å²) in [5.74, 6) is -0.297. The van der Waals surface area contributed by atoms with Gasteiger partial charge in [-0.2, -0.15) is 0 Å². The van der Waals surface area contributed by atoms with Crippen LogP contribution >= 0.6 is 39.1 Å². The molecule has 3 aromatic rings. The number of ether oxygens (including phenoxy) is 1. The number of rotatable bonds is 7. The van der Waals surface area contributed by atoms with Crippen LogP contribution in [-0.4, -0.2) is 11.1 Å². The van der Waals surface area contributed by atoms with Crippen LogP contribution in [0.1, 0.15) is 21.5 Å². The molecule has 0 fully saturated rings. The average Bonchev–Trinajstić information content (AvgIpc) is 2.66.